The number of aliphatic hydroxyl groups excluding tert-OH is 1. The monoisotopic (exact) mass is 229 g/mol. The second kappa shape index (κ2) is 7.14. The molecule has 0 aromatic rings. The lowest BCUT2D eigenvalue weighted by atomic mass is 9.89. The van der Waals surface area contributed by atoms with E-state index in [1.54, 1.807) is 0 Å². The highest BCUT2D eigenvalue weighted by Gasteiger charge is 2.15. The molecule has 0 spiro atoms. The molecule has 0 rings (SSSR count). The largest absolute Gasteiger partial charge is 0.392 e. The average molecular weight is 229 g/mol. The minimum atomic E-state index is -0.231. The van der Waals surface area contributed by atoms with Crippen LogP contribution in [0.15, 0.2) is 0 Å². The maximum absolute atomic E-state index is 9.28. The van der Waals surface area contributed by atoms with E-state index in [1.165, 1.54) is 0 Å². The van der Waals surface area contributed by atoms with Gasteiger partial charge in [0.1, 0.15) is 0 Å². The predicted octanol–water partition coefficient (Wildman–Crippen LogP) is 3.21. The van der Waals surface area contributed by atoms with Crippen LogP contribution in [-0.2, 0) is 0 Å². The Morgan fingerprint density at radius 3 is 2.40 bits per heavy atom. The highest BCUT2D eigenvalue weighted by Crippen LogP contribution is 2.23. The van der Waals surface area contributed by atoms with Gasteiger partial charge in [-0.2, -0.15) is 17.0 Å². The summed E-state index contributed by atoms with van der Waals surface area (Å²) in [6, 6.07) is 2.31. The molecule has 0 aliphatic rings. The van der Waals surface area contributed by atoms with Gasteiger partial charge in [0, 0.05) is 5.25 Å². The molecule has 2 nitrogen and oxygen atoms in total. The van der Waals surface area contributed by atoms with E-state index >= 15 is 0 Å². The number of rotatable bonds is 7. The molecule has 15 heavy (non-hydrogen) atoms. The first-order chi connectivity index (χ1) is 6.89. The number of hydrogen-bond acceptors (Lipinski definition) is 3. The van der Waals surface area contributed by atoms with Gasteiger partial charge in [0.15, 0.2) is 0 Å². The van der Waals surface area contributed by atoms with Crippen molar-refractivity contribution >= 4 is 11.8 Å². The molecule has 0 saturated carbocycles. The van der Waals surface area contributed by atoms with Gasteiger partial charge in [-0.15, -0.1) is 0 Å². The van der Waals surface area contributed by atoms with Gasteiger partial charge in [-0.3, -0.25) is 0 Å². The lowest BCUT2D eigenvalue weighted by Crippen LogP contribution is -2.15. The Kier molecular flexibility index (Phi) is 7.04. The normalized spacial score (nSPS) is 15.7. The summed E-state index contributed by atoms with van der Waals surface area (Å²) in [5.41, 5.74) is -0.180. The molecule has 0 amide bonds. The topological polar surface area (TPSA) is 44.0 Å². The Hall–Kier alpha value is -0.200. The maximum Gasteiger partial charge on any atom is 0.0683 e. The number of thioether (sulfide) groups is 1. The van der Waals surface area contributed by atoms with E-state index in [0.717, 1.165) is 25.0 Å². The third-order valence-corrected chi connectivity index (χ3v) is 4.00. The van der Waals surface area contributed by atoms with Gasteiger partial charge in [-0.25, -0.2) is 0 Å². The zero-order chi connectivity index (χ0) is 11.9. The molecule has 0 bridgehead atoms. The van der Waals surface area contributed by atoms with Crippen molar-refractivity contribution < 1.29 is 5.11 Å². The Morgan fingerprint density at radius 2 is 1.93 bits per heavy atom. The maximum atomic E-state index is 9.28. The lowest BCUT2D eigenvalue weighted by molar-refractivity contribution is 0.196. The van der Waals surface area contributed by atoms with E-state index in [0.29, 0.717) is 5.25 Å². The molecule has 0 heterocycles. The highest BCUT2D eigenvalue weighted by molar-refractivity contribution is 7.99. The molecule has 0 fully saturated rings. The van der Waals surface area contributed by atoms with Crippen LogP contribution in [0.2, 0.25) is 0 Å². The number of nitriles is 1. The summed E-state index contributed by atoms with van der Waals surface area (Å²) >= 11 is 1.81. The second-order valence-corrected chi connectivity index (χ2v) is 6.25. The second-order valence-electron chi connectivity index (χ2n) is 4.77. The van der Waals surface area contributed by atoms with E-state index in [1.807, 2.05) is 32.5 Å². The first kappa shape index (κ1) is 14.8. The van der Waals surface area contributed by atoms with Crippen molar-refractivity contribution in [2.45, 2.75) is 58.3 Å². The Labute approximate surface area is 98.1 Å². The molecule has 2 atom stereocenters. The summed E-state index contributed by atoms with van der Waals surface area (Å²) in [5.74, 6) is 1.08. The molecule has 0 aromatic heterocycles. The number of nitrogens with zero attached hydrogens (tertiary/aromatic N) is 1. The van der Waals surface area contributed by atoms with Crippen LogP contribution in [-0.4, -0.2) is 22.2 Å². The lowest BCUT2D eigenvalue weighted by Gasteiger charge is -2.16. The molecule has 0 aromatic carbocycles. The first-order valence-corrected chi connectivity index (χ1v) is 6.65. The van der Waals surface area contributed by atoms with Gasteiger partial charge in [-0.05, 0) is 39.4 Å². The van der Waals surface area contributed by atoms with E-state index in [9.17, 15) is 5.11 Å². The number of hydrogen-bond donors (Lipinski definition) is 1. The van der Waals surface area contributed by atoms with Gasteiger partial charge >= 0.3 is 0 Å². The van der Waals surface area contributed by atoms with Crippen LogP contribution < -0.4 is 0 Å². The van der Waals surface area contributed by atoms with Gasteiger partial charge in [0.05, 0.1) is 17.6 Å². The van der Waals surface area contributed by atoms with Gasteiger partial charge in [0.25, 0.3) is 0 Å². The smallest absolute Gasteiger partial charge is 0.0683 e. The Balaban J connectivity index is 3.45. The van der Waals surface area contributed by atoms with Crippen LogP contribution >= 0.6 is 11.8 Å². The molecule has 0 aliphatic carbocycles. The molecule has 3 heteroatoms. The molecule has 88 valence electrons. The zero-order valence-electron chi connectivity index (χ0n) is 10.3. The summed E-state index contributed by atoms with van der Waals surface area (Å²) in [7, 11) is 0. The third-order valence-electron chi connectivity index (χ3n) is 2.56. The van der Waals surface area contributed by atoms with Crippen molar-refractivity contribution in [3.63, 3.8) is 0 Å². The average Bonchev–Trinajstić information content (AvgIpc) is 2.16. The Morgan fingerprint density at radius 1 is 1.33 bits per heavy atom. The standard InChI is InChI=1S/C12H23NOS/c1-10(14)11(2)15-8-6-5-7-12(3,4)9-13/h10-11,14H,5-8H2,1-4H3. The van der Waals surface area contributed by atoms with Crippen molar-refractivity contribution in [1.29, 1.82) is 5.26 Å². The van der Waals surface area contributed by atoms with Crippen molar-refractivity contribution in [3.8, 4) is 6.07 Å². The fraction of sp³-hybridized carbons (Fsp3) is 0.917. The quantitative estimate of drug-likeness (QED) is 0.682. The van der Waals surface area contributed by atoms with E-state index in [2.05, 4.69) is 13.0 Å². The van der Waals surface area contributed by atoms with Gasteiger partial charge in [-0.1, -0.05) is 13.3 Å². The minimum Gasteiger partial charge on any atom is -0.392 e. The first-order valence-electron chi connectivity index (χ1n) is 5.60. The van der Waals surface area contributed by atoms with Crippen LogP contribution in [0.3, 0.4) is 0 Å². The fourth-order valence-electron chi connectivity index (χ4n) is 1.13. The highest BCUT2D eigenvalue weighted by atomic mass is 32.2. The number of unbranched alkanes of at least 4 members (excludes halogenated alkanes) is 1. The third kappa shape index (κ3) is 7.70. The van der Waals surface area contributed by atoms with Crippen molar-refractivity contribution in [2.24, 2.45) is 5.41 Å². The van der Waals surface area contributed by atoms with E-state index < -0.39 is 0 Å². The van der Waals surface area contributed by atoms with Gasteiger partial charge in [0.2, 0.25) is 0 Å². The van der Waals surface area contributed by atoms with Crippen LogP contribution in [0.25, 0.3) is 0 Å². The minimum absolute atomic E-state index is 0.180. The molecule has 2 unspecified atom stereocenters. The van der Waals surface area contributed by atoms with Gasteiger partial charge < -0.3 is 5.11 Å². The van der Waals surface area contributed by atoms with Crippen LogP contribution in [0, 0.1) is 16.7 Å². The molecular weight excluding hydrogens is 206 g/mol. The Bertz CT molecular complexity index is 208. The fourth-order valence-corrected chi connectivity index (χ4v) is 2.15. The SMILES string of the molecule is CC(O)C(C)SCCCCC(C)(C)C#N. The predicted molar refractivity (Wildman–Crippen MR) is 66.8 cm³/mol. The molecular formula is C12H23NOS. The molecule has 0 saturated heterocycles. The molecule has 0 radical (unpaired) electrons. The summed E-state index contributed by atoms with van der Waals surface area (Å²) in [5, 5.41) is 18.4. The molecule has 1 N–H and O–H groups in total. The summed E-state index contributed by atoms with van der Waals surface area (Å²) < 4.78 is 0. The zero-order valence-corrected chi connectivity index (χ0v) is 11.1. The van der Waals surface area contributed by atoms with Crippen molar-refractivity contribution in [3.05, 3.63) is 0 Å². The molecule has 0 aliphatic heterocycles. The van der Waals surface area contributed by atoms with Crippen LogP contribution in [0.1, 0.15) is 47.0 Å². The van der Waals surface area contributed by atoms with Crippen LogP contribution in [0.5, 0.6) is 0 Å². The van der Waals surface area contributed by atoms with Crippen molar-refractivity contribution in [1.82, 2.24) is 0 Å². The van der Waals surface area contributed by atoms with Crippen molar-refractivity contribution in [2.75, 3.05) is 5.75 Å². The van der Waals surface area contributed by atoms with E-state index in [-0.39, 0.29) is 11.5 Å². The summed E-state index contributed by atoms with van der Waals surface area (Å²) in [6.07, 6.45) is 2.96. The van der Waals surface area contributed by atoms with E-state index in [4.69, 9.17) is 5.26 Å². The number of aliphatic hydroxyl groups is 1. The summed E-state index contributed by atoms with van der Waals surface area (Å²) in [6.45, 7) is 7.85. The summed E-state index contributed by atoms with van der Waals surface area (Å²) in [4.78, 5) is 0. The van der Waals surface area contributed by atoms with Crippen LogP contribution in [0.4, 0.5) is 0 Å².